The van der Waals surface area contributed by atoms with Gasteiger partial charge in [0.05, 0.1) is 41.8 Å². The highest BCUT2D eigenvalue weighted by Crippen LogP contribution is 2.36. The molecule has 2 aromatic rings. The topological polar surface area (TPSA) is 98.2 Å². The normalized spacial score (nSPS) is 10.2. The van der Waals surface area contributed by atoms with Gasteiger partial charge in [-0.2, -0.15) is 5.26 Å². The lowest BCUT2D eigenvalue weighted by atomic mass is 10.0. The van der Waals surface area contributed by atoms with Gasteiger partial charge in [0.1, 0.15) is 11.9 Å². The molecule has 1 heterocycles. The van der Waals surface area contributed by atoms with Crippen LogP contribution in [-0.2, 0) is 4.74 Å². The van der Waals surface area contributed by atoms with Gasteiger partial charge >= 0.3 is 5.97 Å². The molecular formula is C15H10ClF2N3O3. The maximum atomic E-state index is 14.6. The number of nitriles is 1. The fourth-order valence-corrected chi connectivity index (χ4v) is 2.20. The molecule has 0 unspecified atom stereocenters. The highest BCUT2D eigenvalue weighted by atomic mass is 35.5. The highest BCUT2D eigenvalue weighted by Gasteiger charge is 2.25. The first-order valence-electron chi connectivity index (χ1n) is 6.36. The number of rotatable bonds is 3. The predicted molar refractivity (Wildman–Crippen MR) is 81.6 cm³/mol. The van der Waals surface area contributed by atoms with Crippen molar-refractivity contribution >= 4 is 23.3 Å². The lowest BCUT2D eigenvalue weighted by Gasteiger charge is -2.12. The van der Waals surface area contributed by atoms with E-state index < -0.39 is 34.6 Å². The minimum absolute atomic E-state index is 0.121. The van der Waals surface area contributed by atoms with Crippen LogP contribution in [0.4, 0.5) is 14.5 Å². The number of hydrogen-bond acceptors (Lipinski definition) is 6. The molecule has 0 spiro atoms. The number of aromatic nitrogens is 1. The molecular weight excluding hydrogens is 344 g/mol. The molecule has 0 aliphatic carbocycles. The lowest BCUT2D eigenvalue weighted by molar-refractivity contribution is 0.0594. The first-order chi connectivity index (χ1) is 11.3. The second-order valence-corrected chi connectivity index (χ2v) is 4.87. The molecule has 0 aliphatic heterocycles. The molecule has 9 heteroatoms. The van der Waals surface area contributed by atoms with E-state index in [1.54, 1.807) is 6.07 Å². The van der Waals surface area contributed by atoms with Gasteiger partial charge in [-0.3, -0.25) is 0 Å². The molecule has 6 nitrogen and oxygen atoms in total. The predicted octanol–water partition coefficient (Wildman–Crippen LogP) is 2.93. The van der Waals surface area contributed by atoms with Crippen LogP contribution < -0.4 is 10.5 Å². The third-order valence-electron chi connectivity index (χ3n) is 3.12. The lowest BCUT2D eigenvalue weighted by Crippen LogP contribution is -2.09. The van der Waals surface area contributed by atoms with Crippen LogP contribution in [0.1, 0.15) is 16.1 Å². The van der Waals surface area contributed by atoms with Crippen LogP contribution in [0.2, 0.25) is 5.02 Å². The number of methoxy groups -OCH3 is 2. The van der Waals surface area contributed by atoms with Crippen molar-refractivity contribution in [2.24, 2.45) is 0 Å². The maximum absolute atomic E-state index is 14.6. The standard InChI is InChI=1S/C15H10ClF2N3O3/c1-23-14-6(5-19)3-7(17)10(12(14)18)9-4-8(20)11(16)13(21-9)15(22)24-2/h3-4H,1-2H3,(H2,20,21). The van der Waals surface area contributed by atoms with Crippen molar-refractivity contribution in [1.29, 1.82) is 5.26 Å². The molecule has 2 N–H and O–H groups in total. The Kier molecular flexibility index (Phi) is 4.85. The summed E-state index contributed by atoms with van der Waals surface area (Å²) in [4.78, 5) is 15.5. The molecule has 24 heavy (non-hydrogen) atoms. The number of carbonyl (C=O) groups is 1. The zero-order valence-electron chi connectivity index (χ0n) is 12.5. The fourth-order valence-electron chi connectivity index (χ4n) is 2.03. The largest absolute Gasteiger partial charge is 0.492 e. The number of benzene rings is 1. The quantitative estimate of drug-likeness (QED) is 0.852. The molecule has 0 aliphatic rings. The zero-order valence-corrected chi connectivity index (χ0v) is 13.2. The number of esters is 1. The summed E-state index contributed by atoms with van der Waals surface area (Å²) in [6, 6.07) is 3.51. The average molecular weight is 354 g/mol. The molecule has 1 aromatic heterocycles. The second-order valence-electron chi connectivity index (χ2n) is 4.49. The Bertz CT molecular complexity index is 881. The van der Waals surface area contributed by atoms with Gasteiger partial charge < -0.3 is 15.2 Å². The van der Waals surface area contributed by atoms with Gasteiger partial charge in [-0.25, -0.2) is 18.6 Å². The number of halogens is 3. The second kappa shape index (κ2) is 6.68. The minimum atomic E-state index is -1.15. The van der Waals surface area contributed by atoms with Crippen molar-refractivity contribution in [3.63, 3.8) is 0 Å². The number of nitrogens with two attached hydrogens (primary N) is 1. The third-order valence-corrected chi connectivity index (χ3v) is 3.52. The van der Waals surface area contributed by atoms with Crippen LogP contribution >= 0.6 is 11.6 Å². The van der Waals surface area contributed by atoms with E-state index in [0.717, 1.165) is 26.4 Å². The number of anilines is 1. The molecule has 0 atom stereocenters. The highest BCUT2D eigenvalue weighted by molar-refractivity contribution is 6.35. The monoisotopic (exact) mass is 353 g/mol. The molecule has 0 saturated carbocycles. The number of hydrogen-bond donors (Lipinski definition) is 1. The molecule has 124 valence electrons. The van der Waals surface area contributed by atoms with Crippen molar-refractivity contribution in [1.82, 2.24) is 4.98 Å². The number of nitrogens with zero attached hydrogens (tertiary/aromatic N) is 2. The molecule has 1 aromatic carbocycles. The molecule has 0 saturated heterocycles. The number of ether oxygens (including phenoxy) is 2. The van der Waals surface area contributed by atoms with E-state index in [0.29, 0.717) is 0 Å². The minimum Gasteiger partial charge on any atom is -0.492 e. The Hall–Kier alpha value is -2.92. The van der Waals surface area contributed by atoms with Crippen molar-refractivity contribution in [2.45, 2.75) is 0 Å². The van der Waals surface area contributed by atoms with E-state index in [1.807, 2.05) is 0 Å². The van der Waals surface area contributed by atoms with E-state index in [2.05, 4.69) is 9.72 Å². The first-order valence-corrected chi connectivity index (χ1v) is 6.74. The van der Waals surface area contributed by atoms with Crippen LogP contribution in [0.25, 0.3) is 11.3 Å². The zero-order chi connectivity index (χ0) is 18.0. The summed E-state index contributed by atoms with van der Waals surface area (Å²) >= 11 is 5.87. The molecule has 0 fully saturated rings. The van der Waals surface area contributed by atoms with Crippen molar-refractivity contribution in [2.75, 3.05) is 20.0 Å². The van der Waals surface area contributed by atoms with Gasteiger partial charge in [0, 0.05) is 0 Å². The summed E-state index contributed by atoms with van der Waals surface area (Å²) in [5.41, 5.74) is 3.92. The molecule has 0 bridgehead atoms. The first kappa shape index (κ1) is 17.4. The van der Waals surface area contributed by atoms with Crippen molar-refractivity contribution < 1.29 is 23.0 Å². The van der Waals surface area contributed by atoms with Gasteiger partial charge in [-0.05, 0) is 12.1 Å². The number of nitrogen functional groups attached to an aromatic ring is 1. The summed E-state index contributed by atoms with van der Waals surface area (Å²) in [5, 5.41) is 8.71. The van der Waals surface area contributed by atoms with E-state index in [9.17, 15) is 13.6 Å². The van der Waals surface area contributed by atoms with Gasteiger partial charge in [-0.15, -0.1) is 0 Å². The third kappa shape index (κ3) is 2.81. The van der Waals surface area contributed by atoms with E-state index in [-0.39, 0.29) is 22.0 Å². The molecule has 0 radical (unpaired) electrons. The number of pyridine rings is 1. The summed E-state index contributed by atoms with van der Waals surface area (Å²) < 4.78 is 38.1. The average Bonchev–Trinajstić information content (AvgIpc) is 2.56. The van der Waals surface area contributed by atoms with Crippen LogP contribution in [0.5, 0.6) is 5.75 Å². The SMILES string of the molecule is COC(=O)c1nc(-c2c(F)cc(C#N)c(OC)c2F)cc(N)c1Cl. The summed E-state index contributed by atoms with van der Waals surface area (Å²) in [5.74, 6) is -3.60. The van der Waals surface area contributed by atoms with E-state index >= 15 is 0 Å². The van der Waals surface area contributed by atoms with Crippen molar-refractivity contribution in [3.8, 4) is 23.1 Å². The smallest absolute Gasteiger partial charge is 0.358 e. The Morgan fingerprint density at radius 3 is 2.58 bits per heavy atom. The maximum Gasteiger partial charge on any atom is 0.358 e. The van der Waals surface area contributed by atoms with Gasteiger partial charge in [-0.1, -0.05) is 11.6 Å². The number of carbonyl (C=O) groups excluding carboxylic acids is 1. The summed E-state index contributed by atoms with van der Waals surface area (Å²) in [6.45, 7) is 0. The Morgan fingerprint density at radius 1 is 1.38 bits per heavy atom. The van der Waals surface area contributed by atoms with Crippen LogP contribution in [0.15, 0.2) is 12.1 Å². The Balaban J connectivity index is 2.81. The van der Waals surface area contributed by atoms with Gasteiger partial charge in [0.2, 0.25) is 0 Å². The van der Waals surface area contributed by atoms with Gasteiger partial charge in [0.15, 0.2) is 17.3 Å². The molecule has 2 rings (SSSR count). The van der Waals surface area contributed by atoms with Crippen LogP contribution in [0.3, 0.4) is 0 Å². The van der Waals surface area contributed by atoms with E-state index in [4.69, 9.17) is 27.3 Å². The Morgan fingerprint density at radius 2 is 2.04 bits per heavy atom. The molecule has 0 amide bonds. The summed E-state index contributed by atoms with van der Waals surface area (Å²) in [6.07, 6.45) is 0. The van der Waals surface area contributed by atoms with Crippen molar-refractivity contribution in [3.05, 3.63) is 40.0 Å². The van der Waals surface area contributed by atoms with E-state index in [1.165, 1.54) is 0 Å². The Labute approximate surface area is 140 Å². The summed E-state index contributed by atoms with van der Waals surface area (Å²) in [7, 11) is 2.22. The fraction of sp³-hybridized carbons (Fsp3) is 0.133. The van der Waals surface area contributed by atoms with Crippen LogP contribution in [0, 0.1) is 23.0 Å². The van der Waals surface area contributed by atoms with Crippen LogP contribution in [-0.4, -0.2) is 25.2 Å². The van der Waals surface area contributed by atoms with Gasteiger partial charge in [0.25, 0.3) is 0 Å².